The van der Waals surface area contributed by atoms with Gasteiger partial charge in [0.1, 0.15) is 27.5 Å². The van der Waals surface area contributed by atoms with Crippen LogP contribution in [0.3, 0.4) is 0 Å². The Hall–Kier alpha value is -1.76. The number of nitrogens with zero attached hydrogens (tertiary/aromatic N) is 4. The molecule has 0 saturated carbocycles. The fourth-order valence-corrected chi connectivity index (χ4v) is 2.96. The molecule has 2 rings (SSSR count). The SMILES string of the molecule is CC(C)(C)OC(=O)N1CCN(C2=NC=CCC2=C=N[S+]([O-])C(C)(C)C)CC1. The molecular formula is C19H30N4O3S. The van der Waals surface area contributed by atoms with E-state index in [1.165, 1.54) is 0 Å². The molecule has 0 spiro atoms. The maximum absolute atomic E-state index is 12.2. The molecule has 0 radical (unpaired) electrons. The van der Waals surface area contributed by atoms with Crippen molar-refractivity contribution < 1.29 is 14.1 Å². The van der Waals surface area contributed by atoms with Gasteiger partial charge in [0.2, 0.25) is 0 Å². The molecule has 2 heterocycles. The number of piperazine rings is 1. The topological polar surface area (TPSA) is 80.6 Å². The lowest BCUT2D eigenvalue weighted by atomic mass is 10.1. The lowest BCUT2D eigenvalue weighted by Crippen LogP contribution is -2.52. The van der Waals surface area contributed by atoms with Gasteiger partial charge < -0.3 is 19.1 Å². The first kappa shape index (κ1) is 21.5. The number of rotatable bonds is 1. The standard InChI is InChI=1S/C19H30N4O3S/c1-18(2,3)26-17(24)23-12-10-22(11-13-23)16-15(8-7-9-20-16)14-21-27(25)19(4,5)6/h7,9H,8,10-13H2,1-6H3. The monoisotopic (exact) mass is 394 g/mol. The molecule has 1 unspecified atom stereocenters. The molecule has 7 nitrogen and oxygen atoms in total. The molecule has 1 saturated heterocycles. The number of aliphatic imine (C=N–C) groups is 1. The van der Waals surface area contributed by atoms with E-state index in [0.717, 1.165) is 11.4 Å². The van der Waals surface area contributed by atoms with E-state index >= 15 is 0 Å². The lowest BCUT2D eigenvalue weighted by Gasteiger charge is -2.37. The third-order valence-corrected chi connectivity index (χ3v) is 5.22. The molecule has 27 heavy (non-hydrogen) atoms. The van der Waals surface area contributed by atoms with Crippen LogP contribution in [0.2, 0.25) is 0 Å². The molecule has 8 heteroatoms. The first-order valence-corrected chi connectivity index (χ1v) is 10.3. The maximum Gasteiger partial charge on any atom is 0.410 e. The quantitative estimate of drug-likeness (QED) is 0.506. The van der Waals surface area contributed by atoms with Crippen LogP contribution in [-0.2, 0) is 16.1 Å². The van der Waals surface area contributed by atoms with E-state index in [4.69, 9.17) is 4.74 Å². The fraction of sp³-hybridized carbons (Fsp3) is 0.684. The van der Waals surface area contributed by atoms with Crippen LogP contribution in [0.1, 0.15) is 48.0 Å². The number of hydrogen-bond acceptors (Lipinski definition) is 6. The van der Waals surface area contributed by atoms with Crippen LogP contribution in [0.4, 0.5) is 4.79 Å². The van der Waals surface area contributed by atoms with Crippen LogP contribution in [0.25, 0.3) is 0 Å². The van der Waals surface area contributed by atoms with Crippen molar-refractivity contribution >= 4 is 29.2 Å². The van der Waals surface area contributed by atoms with Crippen molar-refractivity contribution in [3.63, 3.8) is 0 Å². The highest BCUT2D eigenvalue weighted by Gasteiger charge is 2.29. The van der Waals surface area contributed by atoms with Crippen LogP contribution in [0, 0.1) is 0 Å². The second-order valence-corrected chi connectivity index (χ2v) is 10.4. The molecular weight excluding hydrogens is 364 g/mol. The maximum atomic E-state index is 12.2. The lowest BCUT2D eigenvalue weighted by molar-refractivity contribution is 0.0187. The highest BCUT2D eigenvalue weighted by atomic mass is 32.2. The highest BCUT2D eigenvalue weighted by molar-refractivity contribution is 7.91. The fourth-order valence-electron chi connectivity index (χ4n) is 2.49. The van der Waals surface area contributed by atoms with Gasteiger partial charge in [-0.1, -0.05) is 6.08 Å². The summed E-state index contributed by atoms with van der Waals surface area (Å²) in [6.07, 6.45) is 4.06. The zero-order chi connectivity index (χ0) is 20.2. The van der Waals surface area contributed by atoms with Gasteiger partial charge in [-0.25, -0.2) is 9.79 Å². The second-order valence-electron chi connectivity index (χ2n) is 8.54. The smallest absolute Gasteiger partial charge is 0.410 e. The van der Waals surface area contributed by atoms with Crippen molar-refractivity contribution in [2.75, 3.05) is 26.2 Å². The summed E-state index contributed by atoms with van der Waals surface area (Å²) < 4.78 is 21.3. The zero-order valence-corrected chi connectivity index (χ0v) is 17.9. The van der Waals surface area contributed by atoms with Crippen molar-refractivity contribution in [1.82, 2.24) is 9.80 Å². The second kappa shape index (κ2) is 8.50. The number of allylic oxidation sites excluding steroid dienone is 1. The van der Waals surface area contributed by atoms with Gasteiger partial charge in [0.25, 0.3) is 0 Å². The van der Waals surface area contributed by atoms with Gasteiger partial charge in [-0.05, 0) is 45.9 Å². The van der Waals surface area contributed by atoms with E-state index < -0.39 is 21.7 Å². The summed E-state index contributed by atoms with van der Waals surface area (Å²) in [6.45, 7) is 13.7. The summed E-state index contributed by atoms with van der Waals surface area (Å²) in [6, 6.07) is 0. The van der Waals surface area contributed by atoms with E-state index in [-0.39, 0.29) is 6.09 Å². The molecule has 0 aromatic heterocycles. The minimum absolute atomic E-state index is 0.287. The first-order chi connectivity index (χ1) is 12.5. The van der Waals surface area contributed by atoms with E-state index in [2.05, 4.69) is 20.2 Å². The van der Waals surface area contributed by atoms with Crippen LogP contribution < -0.4 is 0 Å². The number of amidine groups is 1. The summed E-state index contributed by atoms with van der Waals surface area (Å²) >= 11 is -1.35. The third-order valence-electron chi connectivity index (χ3n) is 3.91. The molecule has 1 fully saturated rings. The number of hydrogen-bond donors (Lipinski definition) is 0. The predicted molar refractivity (Wildman–Crippen MR) is 109 cm³/mol. The molecule has 0 bridgehead atoms. The van der Waals surface area contributed by atoms with Gasteiger partial charge in [0, 0.05) is 44.7 Å². The Labute approximate surface area is 165 Å². The molecule has 0 N–H and O–H groups in total. The average Bonchev–Trinajstić information content (AvgIpc) is 2.57. The Morgan fingerprint density at radius 2 is 1.85 bits per heavy atom. The van der Waals surface area contributed by atoms with Crippen molar-refractivity contribution in [2.24, 2.45) is 9.39 Å². The van der Waals surface area contributed by atoms with Gasteiger partial charge in [-0.2, -0.15) is 0 Å². The van der Waals surface area contributed by atoms with Gasteiger partial charge in [0.15, 0.2) is 0 Å². The summed E-state index contributed by atoms with van der Waals surface area (Å²) in [7, 11) is 0. The minimum atomic E-state index is -1.35. The summed E-state index contributed by atoms with van der Waals surface area (Å²) in [5, 5.41) is 0. The molecule has 0 aromatic rings. The van der Waals surface area contributed by atoms with Crippen molar-refractivity contribution in [1.29, 1.82) is 0 Å². The van der Waals surface area contributed by atoms with Crippen LogP contribution in [0.15, 0.2) is 27.2 Å². The van der Waals surface area contributed by atoms with Crippen molar-refractivity contribution in [3.8, 4) is 0 Å². The molecule has 150 valence electrons. The Bertz CT molecular complexity index is 674. The number of amides is 1. The van der Waals surface area contributed by atoms with Gasteiger partial charge in [-0.3, -0.25) is 0 Å². The van der Waals surface area contributed by atoms with Gasteiger partial charge in [0.05, 0.1) is 5.57 Å². The third kappa shape index (κ3) is 6.41. The number of ether oxygens (including phenoxy) is 1. The zero-order valence-electron chi connectivity index (χ0n) is 17.1. The van der Waals surface area contributed by atoms with Crippen molar-refractivity contribution in [3.05, 3.63) is 17.8 Å². The van der Waals surface area contributed by atoms with E-state index in [1.807, 2.05) is 47.6 Å². The Morgan fingerprint density at radius 3 is 2.41 bits per heavy atom. The van der Waals surface area contributed by atoms with Crippen LogP contribution >= 0.6 is 0 Å². The van der Waals surface area contributed by atoms with Crippen LogP contribution in [-0.4, -0.2) is 68.7 Å². The van der Waals surface area contributed by atoms with Crippen LogP contribution in [0.5, 0.6) is 0 Å². The molecule has 1 amide bonds. The van der Waals surface area contributed by atoms with E-state index in [0.29, 0.717) is 32.6 Å². The molecule has 2 aliphatic rings. The Kier molecular flexibility index (Phi) is 6.78. The van der Waals surface area contributed by atoms with Crippen molar-refractivity contribution in [2.45, 2.75) is 58.3 Å². The van der Waals surface area contributed by atoms with Gasteiger partial charge in [-0.15, -0.1) is 0 Å². The summed E-state index contributed by atoms with van der Waals surface area (Å²) in [5.41, 5.74) is 0.322. The van der Waals surface area contributed by atoms with E-state index in [9.17, 15) is 9.35 Å². The summed E-state index contributed by atoms with van der Waals surface area (Å²) in [4.78, 5) is 20.5. The number of carbonyl (C=O) groups excluding carboxylic acids is 1. The van der Waals surface area contributed by atoms with Gasteiger partial charge >= 0.3 is 6.09 Å². The first-order valence-electron chi connectivity index (χ1n) is 9.18. The predicted octanol–water partition coefficient (Wildman–Crippen LogP) is 2.91. The highest BCUT2D eigenvalue weighted by Crippen LogP contribution is 2.19. The average molecular weight is 395 g/mol. The summed E-state index contributed by atoms with van der Waals surface area (Å²) in [5.74, 6) is 3.74. The minimum Gasteiger partial charge on any atom is -0.590 e. The molecule has 1 atom stereocenters. The van der Waals surface area contributed by atoms with E-state index in [1.54, 1.807) is 11.1 Å². The molecule has 2 aliphatic heterocycles. The number of carbonyl (C=O) groups is 1. The molecule has 0 aromatic carbocycles. The molecule has 0 aliphatic carbocycles. The normalized spacial score (nSPS) is 19.4. The largest absolute Gasteiger partial charge is 0.590 e. The Morgan fingerprint density at radius 1 is 1.22 bits per heavy atom. The Balaban J connectivity index is 2.05.